The molecule has 0 aliphatic heterocycles. The highest BCUT2D eigenvalue weighted by Crippen LogP contribution is 2.27. The van der Waals surface area contributed by atoms with E-state index < -0.39 is 15.9 Å². The Bertz CT molecular complexity index is 803. The van der Waals surface area contributed by atoms with E-state index in [9.17, 15) is 13.2 Å². The molecule has 0 unspecified atom stereocenters. The molecule has 0 aliphatic rings. The Morgan fingerprint density at radius 2 is 2.14 bits per heavy atom. The average molecular weight is 360 g/mol. The summed E-state index contributed by atoms with van der Waals surface area (Å²) in [7, 11) is -2.54. The van der Waals surface area contributed by atoms with Gasteiger partial charge in [-0.25, -0.2) is 8.42 Å². The summed E-state index contributed by atoms with van der Waals surface area (Å²) in [5.74, 6) is -0.582. The standard InChI is InChI=1S/C11H12N4O4S3/c1-19-8-4-3-6(5-7(8)9(12)16)22(17,18)15-10-13-14-11(20-2)21-10/h3-5H,1-2H3,(H2,12,16)(H,13,15). The van der Waals surface area contributed by atoms with E-state index in [4.69, 9.17) is 10.5 Å². The first kappa shape index (κ1) is 16.5. The molecule has 1 aromatic carbocycles. The number of sulfonamides is 1. The second kappa shape index (κ2) is 6.50. The van der Waals surface area contributed by atoms with E-state index in [2.05, 4.69) is 14.9 Å². The number of nitrogens with zero attached hydrogens (tertiary/aromatic N) is 2. The molecule has 0 spiro atoms. The number of aromatic nitrogens is 2. The lowest BCUT2D eigenvalue weighted by atomic mass is 10.2. The lowest BCUT2D eigenvalue weighted by molar-refractivity contribution is 0.0997. The minimum atomic E-state index is -3.90. The minimum absolute atomic E-state index is 0.0209. The predicted octanol–water partition coefficient (Wildman–Crippen LogP) is 1.17. The van der Waals surface area contributed by atoms with Crippen molar-refractivity contribution in [3.63, 3.8) is 0 Å². The van der Waals surface area contributed by atoms with Crippen molar-refractivity contribution in [3.8, 4) is 5.75 Å². The molecule has 1 heterocycles. The molecular weight excluding hydrogens is 348 g/mol. The number of ether oxygens (including phenoxy) is 1. The number of carbonyl (C=O) groups excluding carboxylic acids is 1. The maximum absolute atomic E-state index is 12.3. The number of primary amides is 1. The Morgan fingerprint density at radius 3 is 2.68 bits per heavy atom. The molecule has 0 saturated heterocycles. The van der Waals surface area contributed by atoms with Crippen molar-refractivity contribution in [1.82, 2.24) is 10.2 Å². The first-order valence-corrected chi connectivity index (χ1v) is 9.28. The summed E-state index contributed by atoms with van der Waals surface area (Å²) < 4.78 is 32.5. The molecule has 1 aromatic heterocycles. The highest BCUT2D eigenvalue weighted by molar-refractivity contribution is 8.00. The van der Waals surface area contributed by atoms with Gasteiger partial charge in [-0.05, 0) is 24.5 Å². The van der Waals surface area contributed by atoms with Gasteiger partial charge in [0.2, 0.25) is 5.13 Å². The van der Waals surface area contributed by atoms with Crippen LogP contribution in [0.4, 0.5) is 5.13 Å². The zero-order valence-electron chi connectivity index (χ0n) is 11.6. The average Bonchev–Trinajstić information content (AvgIpc) is 2.93. The number of hydrogen-bond donors (Lipinski definition) is 2. The Kier molecular flexibility index (Phi) is 4.88. The third-order valence-electron chi connectivity index (χ3n) is 2.55. The second-order valence-electron chi connectivity index (χ2n) is 3.91. The molecule has 0 bridgehead atoms. The van der Waals surface area contributed by atoms with Crippen molar-refractivity contribution in [1.29, 1.82) is 0 Å². The summed E-state index contributed by atoms with van der Waals surface area (Å²) in [5, 5.41) is 7.67. The fourth-order valence-corrected chi connectivity index (χ4v) is 3.98. The van der Waals surface area contributed by atoms with Crippen LogP contribution in [0.15, 0.2) is 27.4 Å². The van der Waals surface area contributed by atoms with E-state index in [0.717, 1.165) is 17.4 Å². The predicted molar refractivity (Wildman–Crippen MR) is 84.0 cm³/mol. The van der Waals surface area contributed by atoms with E-state index in [1.54, 1.807) is 6.26 Å². The number of benzene rings is 1. The number of hydrogen-bond acceptors (Lipinski definition) is 8. The number of nitrogens with two attached hydrogens (primary N) is 1. The smallest absolute Gasteiger partial charge is 0.263 e. The molecule has 0 fully saturated rings. The molecule has 2 aromatic rings. The number of carbonyl (C=O) groups is 1. The largest absolute Gasteiger partial charge is 0.496 e. The third kappa shape index (κ3) is 3.48. The van der Waals surface area contributed by atoms with Crippen molar-refractivity contribution < 1.29 is 17.9 Å². The zero-order valence-corrected chi connectivity index (χ0v) is 14.0. The van der Waals surface area contributed by atoms with Gasteiger partial charge in [-0.15, -0.1) is 10.2 Å². The Morgan fingerprint density at radius 1 is 1.41 bits per heavy atom. The van der Waals surface area contributed by atoms with Gasteiger partial charge >= 0.3 is 0 Å². The normalized spacial score (nSPS) is 11.2. The highest BCUT2D eigenvalue weighted by atomic mass is 32.2. The molecule has 118 valence electrons. The van der Waals surface area contributed by atoms with E-state index >= 15 is 0 Å². The Labute approximate surface area is 135 Å². The lowest BCUT2D eigenvalue weighted by Crippen LogP contribution is -2.16. The SMILES string of the molecule is COc1ccc(S(=O)(=O)Nc2nnc(SC)s2)cc1C(N)=O. The van der Waals surface area contributed by atoms with Gasteiger partial charge in [0.05, 0.1) is 17.6 Å². The van der Waals surface area contributed by atoms with Gasteiger partial charge in [0.15, 0.2) is 4.34 Å². The van der Waals surface area contributed by atoms with Gasteiger partial charge < -0.3 is 10.5 Å². The van der Waals surface area contributed by atoms with E-state index in [1.165, 1.54) is 31.0 Å². The van der Waals surface area contributed by atoms with Crippen molar-refractivity contribution >= 4 is 44.2 Å². The Hall–Kier alpha value is -1.85. The van der Waals surface area contributed by atoms with Gasteiger partial charge in [-0.2, -0.15) is 0 Å². The molecule has 1 amide bonds. The van der Waals surface area contributed by atoms with Crippen LogP contribution in [0.3, 0.4) is 0 Å². The number of nitrogens with one attached hydrogen (secondary N) is 1. The van der Waals surface area contributed by atoms with Gasteiger partial charge in [-0.1, -0.05) is 23.1 Å². The number of anilines is 1. The molecular formula is C11H12N4O4S3. The van der Waals surface area contributed by atoms with Gasteiger partial charge in [0.1, 0.15) is 5.75 Å². The lowest BCUT2D eigenvalue weighted by Gasteiger charge is -2.09. The van der Waals surface area contributed by atoms with Crippen LogP contribution < -0.4 is 15.2 Å². The number of methoxy groups -OCH3 is 1. The summed E-state index contributed by atoms with van der Waals surface area (Å²) in [6.07, 6.45) is 1.81. The van der Waals surface area contributed by atoms with Crippen molar-refractivity contribution in [2.75, 3.05) is 18.1 Å². The van der Waals surface area contributed by atoms with Crippen LogP contribution in [-0.2, 0) is 10.0 Å². The van der Waals surface area contributed by atoms with Crippen LogP contribution in [0.2, 0.25) is 0 Å². The molecule has 8 nitrogen and oxygen atoms in total. The summed E-state index contributed by atoms with van der Waals surface area (Å²) >= 11 is 2.46. The molecule has 0 saturated carbocycles. The van der Waals surface area contributed by atoms with Crippen LogP contribution in [0.1, 0.15) is 10.4 Å². The molecule has 0 aliphatic carbocycles. The fraction of sp³-hybridized carbons (Fsp3) is 0.182. The molecule has 11 heteroatoms. The minimum Gasteiger partial charge on any atom is -0.496 e. The van der Waals surface area contributed by atoms with E-state index in [1.807, 2.05) is 0 Å². The van der Waals surface area contributed by atoms with E-state index in [0.29, 0.717) is 4.34 Å². The maximum Gasteiger partial charge on any atom is 0.263 e. The Balaban J connectivity index is 2.36. The maximum atomic E-state index is 12.3. The molecule has 22 heavy (non-hydrogen) atoms. The molecule has 0 radical (unpaired) electrons. The summed E-state index contributed by atoms with van der Waals surface area (Å²) in [4.78, 5) is 11.2. The highest BCUT2D eigenvalue weighted by Gasteiger charge is 2.20. The summed E-state index contributed by atoms with van der Waals surface area (Å²) in [6, 6.07) is 3.83. The van der Waals surface area contributed by atoms with Gasteiger partial charge in [-0.3, -0.25) is 9.52 Å². The van der Waals surface area contributed by atoms with Crippen LogP contribution in [0, 0.1) is 0 Å². The van der Waals surface area contributed by atoms with Crippen molar-refractivity contribution in [2.45, 2.75) is 9.24 Å². The van der Waals surface area contributed by atoms with Gasteiger partial charge in [0.25, 0.3) is 15.9 Å². The third-order valence-corrected chi connectivity index (χ3v) is 5.83. The van der Waals surface area contributed by atoms with Crippen LogP contribution in [0.25, 0.3) is 0 Å². The fourth-order valence-electron chi connectivity index (χ4n) is 1.55. The monoisotopic (exact) mass is 360 g/mol. The first-order valence-electron chi connectivity index (χ1n) is 5.75. The molecule has 3 N–H and O–H groups in total. The van der Waals surface area contributed by atoms with Crippen molar-refractivity contribution in [3.05, 3.63) is 23.8 Å². The number of thioether (sulfide) groups is 1. The number of rotatable bonds is 6. The van der Waals surface area contributed by atoms with Crippen LogP contribution in [-0.4, -0.2) is 37.9 Å². The van der Waals surface area contributed by atoms with Crippen molar-refractivity contribution in [2.24, 2.45) is 5.73 Å². The van der Waals surface area contributed by atoms with Gasteiger partial charge in [0, 0.05) is 0 Å². The van der Waals surface area contributed by atoms with E-state index in [-0.39, 0.29) is 21.3 Å². The second-order valence-corrected chi connectivity index (χ2v) is 7.62. The number of amides is 1. The van der Waals surface area contributed by atoms with Crippen LogP contribution in [0.5, 0.6) is 5.75 Å². The molecule has 0 atom stereocenters. The zero-order chi connectivity index (χ0) is 16.3. The summed E-state index contributed by atoms with van der Waals surface area (Å²) in [6.45, 7) is 0. The molecule has 2 rings (SSSR count). The first-order chi connectivity index (χ1) is 10.4. The van der Waals surface area contributed by atoms with Crippen LogP contribution >= 0.6 is 23.1 Å². The topological polar surface area (TPSA) is 124 Å². The quantitative estimate of drug-likeness (QED) is 0.741. The summed E-state index contributed by atoms with van der Waals surface area (Å²) in [5.41, 5.74) is 5.20.